The smallest absolute Gasteiger partial charge is 0.237 e. The van der Waals surface area contributed by atoms with Crippen molar-refractivity contribution in [2.45, 2.75) is 38.9 Å². The fourth-order valence-corrected chi connectivity index (χ4v) is 1.78. The molecule has 0 bridgehead atoms. The van der Waals surface area contributed by atoms with Crippen LogP contribution in [0.2, 0.25) is 0 Å². The number of hydrogen-bond donors (Lipinski definition) is 2. The fourth-order valence-electron chi connectivity index (χ4n) is 1.78. The van der Waals surface area contributed by atoms with Crippen LogP contribution < -0.4 is 10.1 Å². The predicted molar refractivity (Wildman–Crippen MR) is 78.0 cm³/mol. The van der Waals surface area contributed by atoms with Crippen molar-refractivity contribution in [3.8, 4) is 5.88 Å². The van der Waals surface area contributed by atoms with Gasteiger partial charge in [-0.25, -0.2) is 4.98 Å². The Bertz CT molecular complexity index is 408. The molecule has 0 aromatic carbocycles. The first kappa shape index (κ1) is 15.1. The predicted octanol–water partition coefficient (Wildman–Crippen LogP) is 2.07. The molecule has 1 aliphatic rings. The van der Waals surface area contributed by atoms with Gasteiger partial charge in [0.25, 0.3) is 0 Å². The quantitative estimate of drug-likeness (QED) is 0.725. The summed E-state index contributed by atoms with van der Waals surface area (Å²) in [6, 6.07) is 3.73. The second-order valence-corrected chi connectivity index (χ2v) is 5.54. The Morgan fingerprint density at radius 1 is 1.45 bits per heavy atom. The standard InChI is InChI=1S/C15H24N2O3/c1-11(2)20-15-14(4-3-7-16-15)17-8-13(18)10-19-9-12-5-6-12/h3-4,7,11-13,17-18H,5-6,8-10H2,1-2H3. The number of rotatable bonds is 9. The number of pyridine rings is 1. The molecule has 0 aliphatic heterocycles. The summed E-state index contributed by atoms with van der Waals surface area (Å²) in [5, 5.41) is 13.0. The highest BCUT2D eigenvalue weighted by Gasteiger charge is 2.21. The summed E-state index contributed by atoms with van der Waals surface area (Å²) < 4.78 is 11.1. The van der Waals surface area contributed by atoms with Gasteiger partial charge in [-0.05, 0) is 44.7 Å². The molecule has 0 radical (unpaired) electrons. The van der Waals surface area contributed by atoms with Crippen LogP contribution in [0.15, 0.2) is 18.3 Å². The van der Waals surface area contributed by atoms with Crippen LogP contribution in [-0.4, -0.2) is 42.1 Å². The number of aliphatic hydroxyl groups excluding tert-OH is 1. The minimum atomic E-state index is -0.527. The molecule has 1 saturated carbocycles. The lowest BCUT2D eigenvalue weighted by Gasteiger charge is -2.16. The van der Waals surface area contributed by atoms with Crippen LogP contribution >= 0.6 is 0 Å². The van der Waals surface area contributed by atoms with E-state index in [2.05, 4.69) is 10.3 Å². The van der Waals surface area contributed by atoms with Crippen molar-refractivity contribution < 1.29 is 14.6 Å². The summed E-state index contributed by atoms with van der Waals surface area (Å²) in [4.78, 5) is 4.19. The van der Waals surface area contributed by atoms with Gasteiger partial charge in [0, 0.05) is 19.3 Å². The van der Waals surface area contributed by atoms with Crippen molar-refractivity contribution in [1.29, 1.82) is 0 Å². The topological polar surface area (TPSA) is 63.6 Å². The van der Waals surface area contributed by atoms with Gasteiger partial charge >= 0.3 is 0 Å². The molecule has 1 unspecified atom stereocenters. The van der Waals surface area contributed by atoms with E-state index in [1.165, 1.54) is 12.8 Å². The van der Waals surface area contributed by atoms with Gasteiger partial charge in [0.15, 0.2) is 0 Å². The van der Waals surface area contributed by atoms with E-state index in [4.69, 9.17) is 9.47 Å². The van der Waals surface area contributed by atoms with E-state index in [1.807, 2.05) is 26.0 Å². The monoisotopic (exact) mass is 280 g/mol. The second kappa shape index (κ2) is 7.45. The van der Waals surface area contributed by atoms with Crippen molar-refractivity contribution in [2.75, 3.05) is 25.1 Å². The summed E-state index contributed by atoms with van der Waals surface area (Å²) >= 11 is 0. The maximum absolute atomic E-state index is 9.87. The van der Waals surface area contributed by atoms with Gasteiger partial charge in [-0.1, -0.05) is 0 Å². The van der Waals surface area contributed by atoms with Crippen LogP contribution in [0.1, 0.15) is 26.7 Å². The first-order chi connectivity index (χ1) is 9.65. The number of hydrogen-bond acceptors (Lipinski definition) is 5. The molecular formula is C15H24N2O3. The first-order valence-corrected chi connectivity index (χ1v) is 7.26. The third kappa shape index (κ3) is 5.35. The number of ether oxygens (including phenoxy) is 2. The van der Waals surface area contributed by atoms with Gasteiger partial charge < -0.3 is 19.9 Å². The molecule has 112 valence electrons. The molecule has 1 atom stereocenters. The molecule has 1 aromatic heterocycles. The lowest BCUT2D eigenvalue weighted by atomic mass is 10.3. The zero-order valence-electron chi connectivity index (χ0n) is 12.2. The SMILES string of the molecule is CC(C)Oc1ncccc1NCC(O)COCC1CC1. The Labute approximate surface area is 120 Å². The normalized spacial score (nSPS) is 16.2. The zero-order valence-corrected chi connectivity index (χ0v) is 12.2. The van der Waals surface area contributed by atoms with Crippen molar-refractivity contribution >= 4 is 5.69 Å². The largest absolute Gasteiger partial charge is 0.473 e. The first-order valence-electron chi connectivity index (χ1n) is 7.26. The summed E-state index contributed by atoms with van der Waals surface area (Å²) in [7, 11) is 0. The molecule has 5 heteroatoms. The molecule has 2 N–H and O–H groups in total. The lowest BCUT2D eigenvalue weighted by Crippen LogP contribution is -2.25. The maximum Gasteiger partial charge on any atom is 0.237 e. The maximum atomic E-state index is 9.87. The van der Waals surface area contributed by atoms with E-state index in [0.29, 0.717) is 19.0 Å². The minimum absolute atomic E-state index is 0.0669. The van der Waals surface area contributed by atoms with E-state index < -0.39 is 6.10 Å². The average Bonchev–Trinajstić information content (AvgIpc) is 3.21. The number of anilines is 1. The molecule has 1 fully saturated rings. The lowest BCUT2D eigenvalue weighted by molar-refractivity contribution is 0.0385. The van der Waals surface area contributed by atoms with Gasteiger partial charge in [-0.3, -0.25) is 0 Å². The summed E-state index contributed by atoms with van der Waals surface area (Å²) in [6.07, 6.45) is 3.76. The van der Waals surface area contributed by atoms with Crippen LogP contribution in [0.25, 0.3) is 0 Å². The van der Waals surface area contributed by atoms with Crippen LogP contribution in [0, 0.1) is 5.92 Å². The Balaban J connectivity index is 1.74. The van der Waals surface area contributed by atoms with Gasteiger partial charge in [0.05, 0.1) is 24.5 Å². The van der Waals surface area contributed by atoms with E-state index in [0.717, 1.165) is 18.2 Å². The van der Waals surface area contributed by atoms with Gasteiger partial charge in [-0.15, -0.1) is 0 Å². The zero-order chi connectivity index (χ0) is 14.4. The van der Waals surface area contributed by atoms with E-state index in [9.17, 15) is 5.11 Å². The molecular weight excluding hydrogens is 256 g/mol. The molecule has 1 heterocycles. The number of aliphatic hydroxyl groups is 1. The van der Waals surface area contributed by atoms with Crippen LogP contribution in [-0.2, 0) is 4.74 Å². The van der Waals surface area contributed by atoms with E-state index in [1.54, 1.807) is 6.20 Å². The second-order valence-electron chi connectivity index (χ2n) is 5.54. The Kier molecular flexibility index (Phi) is 5.61. The third-order valence-electron chi connectivity index (χ3n) is 3.01. The molecule has 20 heavy (non-hydrogen) atoms. The summed E-state index contributed by atoms with van der Waals surface area (Å²) in [6.45, 7) is 5.47. The van der Waals surface area contributed by atoms with Crippen LogP contribution in [0.5, 0.6) is 5.88 Å². The van der Waals surface area contributed by atoms with Crippen molar-refractivity contribution in [3.63, 3.8) is 0 Å². The highest BCUT2D eigenvalue weighted by molar-refractivity contribution is 5.52. The highest BCUT2D eigenvalue weighted by Crippen LogP contribution is 2.28. The molecule has 5 nitrogen and oxygen atoms in total. The molecule has 2 rings (SSSR count). The Hall–Kier alpha value is -1.33. The summed E-state index contributed by atoms with van der Waals surface area (Å²) in [5.74, 6) is 1.29. The van der Waals surface area contributed by atoms with Crippen molar-refractivity contribution in [3.05, 3.63) is 18.3 Å². The van der Waals surface area contributed by atoms with Crippen LogP contribution in [0.4, 0.5) is 5.69 Å². The third-order valence-corrected chi connectivity index (χ3v) is 3.01. The minimum Gasteiger partial charge on any atom is -0.473 e. The van der Waals surface area contributed by atoms with Gasteiger partial charge in [-0.2, -0.15) is 0 Å². The molecule has 1 aliphatic carbocycles. The van der Waals surface area contributed by atoms with Gasteiger partial charge in [0.2, 0.25) is 5.88 Å². The Morgan fingerprint density at radius 3 is 2.95 bits per heavy atom. The van der Waals surface area contributed by atoms with Crippen LogP contribution in [0.3, 0.4) is 0 Å². The highest BCUT2D eigenvalue weighted by atomic mass is 16.5. The van der Waals surface area contributed by atoms with Crippen molar-refractivity contribution in [1.82, 2.24) is 4.98 Å². The molecule has 1 aromatic rings. The number of nitrogens with one attached hydrogen (secondary N) is 1. The molecule has 0 spiro atoms. The fraction of sp³-hybridized carbons (Fsp3) is 0.667. The number of aromatic nitrogens is 1. The van der Waals surface area contributed by atoms with Crippen molar-refractivity contribution in [2.24, 2.45) is 5.92 Å². The van der Waals surface area contributed by atoms with Gasteiger partial charge in [0.1, 0.15) is 0 Å². The average molecular weight is 280 g/mol. The summed E-state index contributed by atoms with van der Waals surface area (Å²) in [5.41, 5.74) is 0.794. The Morgan fingerprint density at radius 2 is 2.25 bits per heavy atom. The number of nitrogens with zero attached hydrogens (tertiary/aromatic N) is 1. The van der Waals surface area contributed by atoms with E-state index in [-0.39, 0.29) is 6.10 Å². The molecule has 0 saturated heterocycles. The van der Waals surface area contributed by atoms with E-state index >= 15 is 0 Å². The molecule has 0 amide bonds.